The maximum Gasteiger partial charge on any atom is 0.223 e. The van der Waals surface area contributed by atoms with E-state index in [-0.39, 0.29) is 28.3 Å². The van der Waals surface area contributed by atoms with E-state index >= 15 is 0 Å². The van der Waals surface area contributed by atoms with Crippen molar-refractivity contribution in [3.8, 4) is 0 Å². The minimum absolute atomic E-state index is 0.0239. The van der Waals surface area contributed by atoms with Crippen LogP contribution >= 0.6 is 11.6 Å². The van der Waals surface area contributed by atoms with Gasteiger partial charge in [0.2, 0.25) is 5.91 Å². The van der Waals surface area contributed by atoms with E-state index in [0.29, 0.717) is 0 Å². The maximum absolute atomic E-state index is 14.5. The fraction of sp³-hybridized carbons (Fsp3) is 0.611. The van der Waals surface area contributed by atoms with Gasteiger partial charge in [-0.1, -0.05) is 37.3 Å². The van der Waals surface area contributed by atoms with Crippen LogP contribution in [0.25, 0.3) is 0 Å². The van der Waals surface area contributed by atoms with Crippen LogP contribution in [0.1, 0.15) is 63.0 Å². The summed E-state index contributed by atoms with van der Waals surface area (Å²) in [6, 6.07) is 1.79. The molecule has 5 heteroatoms. The van der Waals surface area contributed by atoms with Gasteiger partial charge in [0, 0.05) is 11.5 Å². The second-order valence-corrected chi connectivity index (χ2v) is 7.18. The van der Waals surface area contributed by atoms with Crippen molar-refractivity contribution in [3.63, 3.8) is 0 Å². The lowest BCUT2D eigenvalue weighted by molar-refractivity contribution is -0.126. The van der Waals surface area contributed by atoms with Gasteiger partial charge in [-0.2, -0.15) is 0 Å². The van der Waals surface area contributed by atoms with Crippen molar-refractivity contribution in [1.29, 1.82) is 0 Å². The Bertz CT molecular complexity index is 581. The molecule has 1 atom stereocenters. The highest BCUT2D eigenvalue weighted by atomic mass is 35.5. The summed E-state index contributed by atoms with van der Waals surface area (Å²) in [5.41, 5.74) is -0.0734. The van der Waals surface area contributed by atoms with E-state index in [0.717, 1.165) is 51.4 Å². The molecule has 2 saturated carbocycles. The first kappa shape index (κ1) is 16.7. The van der Waals surface area contributed by atoms with Gasteiger partial charge in [-0.15, -0.1) is 0 Å². The molecular formula is C18H22ClF2NO. The summed E-state index contributed by atoms with van der Waals surface area (Å²) in [6.07, 6.45) is 7.64. The van der Waals surface area contributed by atoms with Gasteiger partial charge < -0.3 is 5.32 Å². The maximum atomic E-state index is 14.5. The quantitative estimate of drug-likeness (QED) is 0.753. The highest BCUT2D eigenvalue weighted by Crippen LogP contribution is 2.39. The average molecular weight is 342 g/mol. The smallest absolute Gasteiger partial charge is 0.223 e. The molecule has 2 nitrogen and oxygen atoms in total. The first-order chi connectivity index (χ1) is 11.1. The molecule has 2 fully saturated rings. The molecule has 0 saturated heterocycles. The van der Waals surface area contributed by atoms with Crippen molar-refractivity contribution >= 4 is 17.5 Å². The molecular weight excluding hydrogens is 320 g/mol. The summed E-state index contributed by atoms with van der Waals surface area (Å²) in [5, 5.41) is 2.85. The predicted molar refractivity (Wildman–Crippen MR) is 86.2 cm³/mol. The summed E-state index contributed by atoms with van der Waals surface area (Å²) in [7, 11) is 0. The number of amides is 1. The third kappa shape index (κ3) is 3.52. The van der Waals surface area contributed by atoms with E-state index in [9.17, 15) is 13.6 Å². The standard InChI is InChI=1S/C18H22ClF2NO/c19-13-9-10-14(20)15(16(13)21)17(11-5-1-2-6-11)22-18(23)12-7-3-4-8-12/h9-12,17H,1-8H2,(H,22,23)/t17-/m0/s1. The number of rotatable bonds is 4. The van der Waals surface area contributed by atoms with Gasteiger partial charge in [0.25, 0.3) is 0 Å². The van der Waals surface area contributed by atoms with Crippen LogP contribution in [0.4, 0.5) is 8.78 Å². The van der Waals surface area contributed by atoms with Crippen molar-refractivity contribution in [3.05, 3.63) is 34.4 Å². The van der Waals surface area contributed by atoms with E-state index in [4.69, 9.17) is 11.6 Å². The minimum atomic E-state index is -0.740. The lowest BCUT2D eigenvalue weighted by Crippen LogP contribution is -2.37. The van der Waals surface area contributed by atoms with E-state index < -0.39 is 17.7 Å². The van der Waals surface area contributed by atoms with Gasteiger partial charge >= 0.3 is 0 Å². The Balaban J connectivity index is 1.89. The van der Waals surface area contributed by atoms with Crippen molar-refractivity contribution < 1.29 is 13.6 Å². The van der Waals surface area contributed by atoms with Gasteiger partial charge in [-0.3, -0.25) is 4.79 Å². The van der Waals surface area contributed by atoms with E-state index in [1.165, 1.54) is 12.1 Å². The monoisotopic (exact) mass is 341 g/mol. The first-order valence-electron chi connectivity index (χ1n) is 8.51. The lowest BCUT2D eigenvalue weighted by Gasteiger charge is -2.27. The third-order valence-electron chi connectivity index (χ3n) is 5.29. The molecule has 0 heterocycles. The highest BCUT2D eigenvalue weighted by molar-refractivity contribution is 6.30. The Morgan fingerprint density at radius 3 is 2.35 bits per heavy atom. The van der Waals surface area contributed by atoms with Crippen LogP contribution < -0.4 is 5.32 Å². The zero-order valence-electron chi connectivity index (χ0n) is 13.1. The van der Waals surface area contributed by atoms with Gasteiger partial charge in [0.15, 0.2) is 0 Å². The van der Waals surface area contributed by atoms with Gasteiger partial charge in [-0.05, 0) is 43.7 Å². The van der Waals surface area contributed by atoms with Crippen LogP contribution in [-0.4, -0.2) is 5.91 Å². The summed E-state index contributed by atoms with van der Waals surface area (Å²) >= 11 is 5.85. The Morgan fingerprint density at radius 1 is 1.09 bits per heavy atom. The minimum Gasteiger partial charge on any atom is -0.349 e. The van der Waals surface area contributed by atoms with Crippen LogP contribution in [0.15, 0.2) is 12.1 Å². The molecule has 1 amide bonds. The molecule has 0 radical (unpaired) electrons. The molecule has 0 spiro atoms. The second kappa shape index (κ2) is 7.16. The number of carbonyl (C=O) groups is 1. The fourth-order valence-corrected chi connectivity index (χ4v) is 4.17. The summed E-state index contributed by atoms with van der Waals surface area (Å²) in [6.45, 7) is 0. The van der Waals surface area contributed by atoms with Gasteiger partial charge in [-0.25, -0.2) is 8.78 Å². The van der Waals surface area contributed by atoms with Crippen molar-refractivity contribution in [2.45, 2.75) is 57.4 Å². The first-order valence-corrected chi connectivity index (χ1v) is 8.89. The van der Waals surface area contributed by atoms with Crippen LogP contribution in [0.2, 0.25) is 5.02 Å². The van der Waals surface area contributed by atoms with Crippen LogP contribution in [0.3, 0.4) is 0 Å². The number of carbonyl (C=O) groups excluding carboxylic acids is 1. The Kier molecular flexibility index (Phi) is 5.20. The normalized spacial score (nSPS) is 20.8. The average Bonchev–Trinajstić information content (AvgIpc) is 3.22. The molecule has 0 aromatic heterocycles. The number of halogens is 3. The van der Waals surface area contributed by atoms with E-state index in [1.54, 1.807) is 0 Å². The van der Waals surface area contributed by atoms with Gasteiger partial charge in [0.05, 0.1) is 11.1 Å². The molecule has 2 aliphatic carbocycles. The lowest BCUT2D eigenvalue weighted by atomic mass is 9.90. The molecule has 3 rings (SSSR count). The van der Waals surface area contributed by atoms with Crippen LogP contribution in [0, 0.1) is 23.5 Å². The zero-order chi connectivity index (χ0) is 16.4. The Morgan fingerprint density at radius 2 is 1.70 bits per heavy atom. The Labute approximate surface area is 140 Å². The highest BCUT2D eigenvalue weighted by Gasteiger charge is 2.34. The van der Waals surface area contributed by atoms with Crippen LogP contribution in [0.5, 0.6) is 0 Å². The second-order valence-electron chi connectivity index (χ2n) is 6.77. The van der Waals surface area contributed by atoms with E-state index in [1.807, 2.05) is 0 Å². The van der Waals surface area contributed by atoms with Crippen molar-refractivity contribution in [2.24, 2.45) is 11.8 Å². The topological polar surface area (TPSA) is 29.1 Å². The molecule has 126 valence electrons. The SMILES string of the molecule is O=C(N[C@H](c1c(F)ccc(Cl)c1F)C1CCCC1)C1CCCC1. The number of benzene rings is 1. The zero-order valence-corrected chi connectivity index (χ0v) is 13.8. The molecule has 0 unspecified atom stereocenters. The van der Waals surface area contributed by atoms with Crippen LogP contribution in [-0.2, 0) is 4.79 Å². The van der Waals surface area contributed by atoms with Crippen molar-refractivity contribution in [1.82, 2.24) is 5.32 Å². The molecule has 1 aromatic carbocycles. The summed E-state index contributed by atoms with van der Waals surface area (Å²) < 4.78 is 28.8. The molecule has 2 aliphatic rings. The summed E-state index contributed by atoms with van der Waals surface area (Å²) in [5.74, 6) is -1.39. The molecule has 23 heavy (non-hydrogen) atoms. The molecule has 0 aliphatic heterocycles. The molecule has 1 N–H and O–H groups in total. The number of hydrogen-bond donors (Lipinski definition) is 1. The largest absolute Gasteiger partial charge is 0.349 e. The number of hydrogen-bond acceptors (Lipinski definition) is 1. The van der Waals surface area contributed by atoms with Gasteiger partial charge in [0.1, 0.15) is 11.6 Å². The molecule has 1 aromatic rings. The van der Waals surface area contributed by atoms with E-state index in [2.05, 4.69) is 5.32 Å². The fourth-order valence-electron chi connectivity index (χ4n) is 4.00. The third-order valence-corrected chi connectivity index (χ3v) is 5.58. The Hall–Kier alpha value is -1.16. The predicted octanol–water partition coefficient (Wildman–Crippen LogP) is 5.16. The van der Waals surface area contributed by atoms with Crippen molar-refractivity contribution in [2.75, 3.05) is 0 Å². The number of nitrogens with one attached hydrogen (secondary N) is 1. The summed E-state index contributed by atoms with van der Waals surface area (Å²) in [4.78, 5) is 12.5. The molecule has 0 bridgehead atoms.